The first kappa shape index (κ1) is 16.0. The van der Waals surface area contributed by atoms with Gasteiger partial charge in [-0.15, -0.1) is 5.10 Å². The first-order valence-electron chi connectivity index (χ1n) is 8.86. The zero-order valence-electron chi connectivity index (χ0n) is 14.4. The van der Waals surface area contributed by atoms with E-state index < -0.39 is 0 Å². The Labute approximate surface area is 147 Å². The number of nitrogens with zero attached hydrogens (tertiary/aromatic N) is 6. The molecule has 1 atom stereocenters. The Bertz CT molecular complexity index is 802. The first-order valence-corrected chi connectivity index (χ1v) is 8.86. The minimum Gasteiger partial charge on any atom is -0.326 e. The lowest BCUT2D eigenvalue weighted by molar-refractivity contribution is 0.337. The molecular weight excluding hydrogens is 314 g/mol. The van der Waals surface area contributed by atoms with Crippen LogP contribution in [-0.2, 0) is 6.42 Å². The zero-order valence-corrected chi connectivity index (χ0v) is 14.4. The number of hydrogen-bond acceptors (Lipinski definition) is 5. The van der Waals surface area contributed by atoms with Crippen molar-refractivity contribution < 1.29 is 0 Å². The van der Waals surface area contributed by atoms with E-state index in [1.165, 1.54) is 5.56 Å². The molecule has 4 heterocycles. The summed E-state index contributed by atoms with van der Waals surface area (Å²) in [6, 6.07) is 4.78. The quantitative estimate of drug-likeness (QED) is 0.773. The molecule has 0 aliphatic carbocycles. The van der Waals surface area contributed by atoms with Gasteiger partial charge in [0.25, 0.3) is 0 Å². The van der Waals surface area contributed by atoms with Crippen LogP contribution < -0.4 is 5.32 Å². The highest BCUT2D eigenvalue weighted by molar-refractivity contribution is 5.47. The van der Waals surface area contributed by atoms with Gasteiger partial charge in [-0.3, -0.25) is 4.98 Å². The second-order valence-corrected chi connectivity index (χ2v) is 6.64. The molecular formula is C18H23N7. The van der Waals surface area contributed by atoms with Gasteiger partial charge in [0.05, 0.1) is 12.2 Å². The number of pyridine rings is 1. The van der Waals surface area contributed by atoms with E-state index in [0.29, 0.717) is 6.04 Å². The van der Waals surface area contributed by atoms with Crippen LogP contribution in [0.1, 0.15) is 37.4 Å². The van der Waals surface area contributed by atoms with Gasteiger partial charge >= 0.3 is 0 Å². The molecule has 1 aliphatic heterocycles. The Morgan fingerprint density at radius 1 is 1.28 bits per heavy atom. The molecule has 3 aromatic heterocycles. The highest BCUT2D eigenvalue weighted by Crippen LogP contribution is 2.24. The van der Waals surface area contributed by atoms with Crippen LogP contribution in [0.5, 0.6) is 0 Å². The lowest BCUT2D eigenvalue weighted by Gasteiger charge is -2.22. The van der Waals surface area contributed by atoms with Crippen molar-refractivity contribution in [3.63, 3.8) is 0 Å². The molecule has 1 fully saturated rings. The van der Waals surface area contributed by atoms with Crippen LogP contribution in [0.2, 0.25) is 0 Å². The summed E-state index contributed by atoms with van der Waals surface area (Å²) in [4.78, 5) is 8.73. The largest absolute Gasteiger partial charge is 0.326 e. The highest BCUT2D eigenvalue weighted by atomic mass is 15.4. The Morgan fingerprint density at radius 3 is 2.96 bits per heavy atom. The van der Waals surface area contributed by atoms with Gasteiger partial charge in [0.15, 0.2) is 5.82 Å². The summed E-state index contributed by atoms with van der Waals surface area (Å²) in [5.41, 5.74) is 2.05. The lowest BCUT2D eigenvalue weighted by Crippen LogP contribution is -2.29. The van der Waals surface area contributed by atoms with Crippen LogP contribution in [0.4, 0.5) is 0 Å². The van der Waals surface area contributed by atoms with E-state index in [0.717, 1.165) is 43.9 Å². The average Bonchev–Trinajstić information content (AvgIpc) is 3.32. The molecule has 0 spiro atoms. The van der Waals surface area contributed by atoms with E-state index in [4.69, 9.17) is 0 Å². The van der Waals surface area contributed by atoms with Gasteiger partial charge < -0.3 is 9.88 Å². The van der Waals surface area contributed by atoms with Crippen molar-refractivity contribution in [2.75, 3.05) is 13.1 Å². The molecule has 25 heavy (non-hydrogen) atoms. The van der Waals surface area contributed by atoms with Crippen molar-refractivity contribution in [1.29, 1.82) is 0 Å². The third kappa shape index (κ3) is 3.46. The van der Waals surface area contributed by atoms with Gasteiger partial charge in [0.2, 0.25) is 0 Å². The molecule has 0 saturated carbocycles. The van der Waals surface area contributed by atoms with Crippen molar-refractivity contribution in [1.82, 2.24) is 34.8 Å². The second kappa shape index (κ2) is 7.14. The Morgan fingerprint density at radius 2 is 2.16 bits per heavy atom. The third-order valence-corrected chi connectivity index (χ3v) is 4.82. The number of rotatable bonds is 5. The van der Waals surface area contributed by atoms with E-state index in [1.807, 2.05) is 35.5 Å². The summed E-state index contributed by atoms with van der Waals surface area (Å²) in [6.07, 6.45) is 12.7. The van der Waals surface area contributed by atoms with Crippen LogP contribution in [0.25, 0.3) is 11.5 Å². The maximum absolute atomic E-state index is 4.53. The predicted molar refractivity (Wildman–Crippen MR) is 95.0 cm³/mol. The molecule has 0 aromatic carbocycles. The van der Waals surface area contributed by atoms with Crippen molar-refractivity contribution in [3.8, 4) is 11.5 Å². The number of piperidine rings is 1. The molecule has 0 bridgehead atoms. The van der Waals surface area contributed by atoms with Gasteiger partial charge in [0.1, 0.15) is 5.69 Å². The summed E-state index contributed by atoms with van der Waals surface area (Å²) in [5, 5.41) is 12.1. The van der Waals surface area contributed by atoms with Gasteiger partial charge in [-0.2, -0.15) is 0 Å². The summed E-state index contributed by atoms with van der Waals surface area (Å²) in [7, 11) is 0. The molecule has 7 heteroatoms. The van der Waals surface area contributed by atoms with Crippen LogP contribution >= 0.6 is 0 Å². The third-order valence-electron chi connectivity index (χ3n) is 4.82. The number of hydrogen-bond donors (Lipinski definition) is 1. The van der Waals surface area contributed by atoms with Gasteiger partial charge in [-0.25, -0.2) is 9.67 Å². The average molecular weight is 337 g/mol. The summed E-state index contributed by atoms with van der Waals surface area (Å²) in [5.74, 6) is 0.872. The Balaban J connectivity index is 1.54. The Hall–Kier alpha value is -2.54. The van der Waals surface area contributed by atoms with E-state index in [2.05, 4.69) is 43.2 Å². The van der Waals surface area contributed by atoms with Crippen molar-refractivity contribution in [2.45, 2.75) is 38.3 Å². The highest BCUT2D eigenvalue weighted by Gasteiger charge is 2.19. The minimum atomic E-state index is 0.269. The molecule has 0 amide bonds. The van der Waals surface area contributed by atoms with Crippen LogP contribution in [0, 0.1) is 0 Å². The SMILES string of the molecule is C[C@H](Cc1cccnc1)n1ccnc1-c1cn(C2CCNCC2)nn1. The number of imidazole rings is 1. The molecule has 0 radical (unpaired) electrons. The van der Waals surface area contributed by atoms with Crippen LogP contribution in [0.15, 0.2) is 43.1 Å². The van der Waals surface area contributed by atoms with E-state index in [9.17, 15) is 0 Å². The fourth-order valence-electron chi connectivity index (χ4n) is 3.45. The molecule has 1 saturated heterocycles. The Kier molecular flexibility index (Phi) is 4.56. The van der Waals surface area contributed by atoms with E-state index in [-0.39, 0.29) is 6.04 Å². The molecule has 3 aromatic rings. The fraction of sp³-hybridized carbons (Fsp3) is 0.444. The normalized spacial score (nSPS) is 16.8. The topological polar surface area (TPSA) is 73.5 Å². The van der Waals surface area contributed by atoms with Crippen LogP contribution in [0.3, 0.4) is 0 Å². The fourth-order valence-corrected chi connectivity index (χ4v) is 3.45. The standard InChI is InChI=1S/C18H23N7/c1-14(11-15-3-2-6-20-12-15)24-10-9-21-18(24)17-13-25(23-22-17)16-4-7-19-8-5-16/h2-3,6,9-10,12-14,16,19H,4-5,7-8,11H2,1H3/t14-/m1/s1. The smallest absolute Gasteiger partial charge is 0.162 e. The van der Waals surface area contributed by atoms with Crippen molar-refractivity contribution in [3.05, 3.63) is 48.7 Å². The second-order valence-electron chi connectivity index (χ2n) is 6.64. The number of aromatic nitrogens is 6. The molecule has 7 nitrogen and oxygen atoms in total. The molecule has 130 valence electrons. The molecule has 1 aliphatic rings. The maximum Gasteiger partial charge on any atom is 0.162 e. The van der Waals surface area contributed by atoms with Gasteiger partial charge in [-0.05, 0) is 50.9 Å². The maximum atomic E-state index is 4.53. The molecule has 0 unspecified atom stereocenters. The van der Waals surface area contributed by atoms with E-state index >= 15 is 0 Å². The molecule has 4 rings (SSSR count). The lowest BCUT2D eigenvalue weighted by atomic mass is 10.1. The van der Waals surface area contributed by atoms with Crippen molar-refractivity contribution >= 4 is 0 Å². The predicted octanol–water partition coefficient (Wildman–Crippen LogP) is 2.26. The van der Waals surface area contributed by atoms with Gasteiger partial charge in [0, 0.05) is 30.8 Å². The monoisotopic (exact) mass is 337 g/mol. The zero-order chi connectivity index (χ0) is 17.1. The summed E-state index contributed by atoms with van der Waals surface area (Å²) >= 11 is 0. The van der Waals surface area contributed by atoms with E-state index in [1.54, 1.807) is 6.20 Å². The molecule has 1 N–H and O–H groups in total. The van der Waals surface area contributed by atoms with Crippen LogP contribution in [-0.4, -0.2) is 42.6 Å². The van der Waals surface area contributed by atoms with Crippen molar-refractivity contribution in [2.24, 2.45) is 0 Å². The number of nitrogens with one attached hydrogen (secondary N) is 1. The summed E-state index contributed by atoms with van der Waals surface area (Å²) < 4.78 is 4.17. The minimum absolute atomic E-state index is 0.269. The summed E-state index contributed by atoms with van der Waals surface area (Å²) in [6.45, 7) is 4.27. The first-order chi connectivity index (χ1) is 12.3. The van der Waals surface area contributed by atoms with Gasteiger partial charge in [-0.1, -0.05) is 11.3 Å².